The summed E-state index contributed by atoms with van der Waals surface area (Å²) in [5.41, 5.74) is 1.74. The van der Waals surface area contributed by atoms with Crippen LogP contribution in [0.4, 0.5) is 13.2 Å². The molecule has 3 aromatic rings. The van der Waals surface area contributed by atoms with Gasteiger partial charge in [-0.2, -0.15) is 23.4 Å². The number of carbonyl (C=O) groups excluding carboxylic acids is 1. The number of benzene rings is 1. The van der Waals surface area contributed by atoms with Crippen LogP contribution in [0.15, 0.2) is 42.7 Å². The summed E-state index contributed by atoms with van der Waals surface area (Å²) in [6.07, 6.45) is 0.555. The maximum Gasteiger partial charge on any atom is 0.433 e. The normalized spacial score (nSPS) is 16.8. The van der Waals surface area contributed by atoms with Crippen LogP contribution in [0.1, 0.15) is 33.7 Å². The molecule has 0 aliphatic heterocycles. The van der Waals surface area contributed by atoms with Gasteiger partial charge in [0.15, 0.2) is 0 Å². The standard InChI is InChI=1S/C18H16F3N5O/c19-18(20,21)16-6-7-23-26(16)14-3-1-2-11(9-14)17(27)24-13-4-5-15-12(8-13)10-22-25-15/h1-3,6-7,9-10,13H,4-5,8H2,(H,22,25)(H,24,27). The summed E-state index contributed by atoms with van der Waals surface area (Å²) in [6, 6.07) is 6.86. The number of aromatic nitrogens is 4. The van der Waals surface area contributed by atoms with E-state index in [-0.39, 0.29) is 23.2 Å². The minimum Gasteiger partial charge on any atom is -0.349 e. The lowest BCUT2D eigenvalue weighted by atomic mass is 9.93. The molecule has 4 rings (SSSR count). The molecule has 1 amide bonds. The van der Waals surface area contributed by atoms with Crippen molar-refractivity contribution in [3.05, 3.63) is 65.2 Å². The number of nitrogens with one attached hydrogen (secondary N) is 2. The third-order valence-electron chi connectivity index (χ3n) is 4.64. The second-order valence-corrected chi connectivity index (χ2v) is 6.46. The van der Waals surface area contributed by atoms with Crippen LogP contribution in [-0.2, 0) is 19.0 Å². The molecule has 6 nitrogen and oxygen atoms in total. The van der Waals surface area contributed by atoms with Crippen molar-refractivity contribution in [2.24, 2.45) is 0 Å². The first kappa shape index (κ1) is 17.3. The van der Waals surface area contributed by atoms with Crippen LogP contribution in [-0.4, -0.2) is 31.9 Å². The van der Waals surface area contributed by atoms with Gasteiger partial charge in [0, 0.05) is 17.3 Å². The summed E-state index contributed by atoms with van der Waals surface area (Å²) in [4.78, 5) is 12.6. The first-order valence-corrected chi connectivity index (χ1v) is 8.45. The van der Waals surface area contributed by atoms with Gasteiger partial charge < -0.3 is 5.32 Å². The van der Waals surface area contributed by atoms with Crippen molar-refractivity contribution in [2.75, 3.05) is 0 Å². The minimum atomic E-state index is -4.53. The average Bonchev–Trinajstić information content (AvgIpc) is 3.30. The summed E-state index contributed by atoms with van der Waals surface area (Å²) in [6.45, 7) is 0. The molecule has 0 spiro atoms. The number of fused-ring (bicyclic) bond motifs is 1. The zero-order valence-corrected chi connectivity index (χ0v) is 14.1. The van der Waals surface area contributed by atoms with E-state index < -0.39 is 11.9 Å². The van der Waals surface area contributed by atoms with Crippen molar-refractivity contribution in [3.8, 4) is 5.69 Å². The highest BCUT2D eigenvalue weighted by Gasteiger charge is 2.35. The monoisotopic (exact) mass is 375 g/mol. The van der Waals surface area contributed by atoms with Gasteiger partial charge in [0.2, 0.25) is 0 Å². The summed E-state index contributed by atoms with van der Waals surface area (Å²) in [5, 5.41) is 13.6. The lowest BCUT2D eigenvalue weighted by Gasteiger charge is -2.23. The Morgan fingerprint density at radius 3 is 2.96 bits per heavy atom. The number of carbonyl (C=O) groups is 1. The quantitative estimate of drug-likeness (QED) is 0.739. The number of halogens is 3. The predicted molar refractivity (Wildman–Crippen MR) is 90.4 cm³/mol. The van der Waals surface area contributed by atoms with Crippen LogP contribution < -0.4 is 5.32 Å². The van der Waals surface area contributed by atoms with E-state index in [0.717, 1.165) is 41.0 Å². The van der Waals surface area contributed by atoms with Crippen LogP contribution in [0, 0.1) is 0 Å². The zero-order valence-electron chi connectivity index (χ0n) is 14.1. The third kappa shape index (κ3) is 3.44. The van der Waals surface area contributed by atoms with Crippen molar-refractivity contribution < 1.29 is 18.0 Å². The molecule has 140 valence electrons. The Balaban J connectivity index is 1.53. The highest BCUT2D eigenvalue weighted by Crippen LogP contribution is 2.30. The SMILES string of the molecule is O=C(NC1CCc2[nH]ncc2C1)c1cccc(-n2nccc2C(F)(F)F)c1. The Morgan fingerprint density at radius 1 is 1.30 bits per heavy atom. The predicted octanol–water partition coefficient (Wildman–Crippen LogP) is 2.90. The van der Waals surface area contributed by atoms with Crippen LogP contribution in [0.5, 0.6) is 0 Å². The molecule has 0 saturated heterocycles. The molecule has 1 atom stereocenters. The van der Waals surface area contributed by atoms with E-state index in [9.17, 15) is 18.0 Å². The van der Waals surface area contributed by atoms with Gasteiger partial charge in [0.1, 0.15) is 5.69 Å². The van der Waals surface area contributed by atoms with Crippen LogP contribution in [0.2, 0.25) is 0 Å². The highest BCUT2D eigenvalue weighted by atomic mass is 19.4. The number of hydrogen-bond acceptors (Lipinski definition) is 3. The Labute approximate surface area is 152 Å². The third-order valence-corrected chi connectivity index (χ3v) is 4.64. The number of rotatable bonds is 3. The summed E-state index contributed by atoms with van der Waals surface area (Å²) >= 11 is 0. The first-order valence-electron chi connectivity index (χ1n) is 8.45. The van der Waals surface area contributed by atoms with E-state index >= 15 is 0 Å². The summed E-state index contributed by atoms with van der Waals surface area (Å²) in [5.74, 6) is -0.325. The molecular formula is C18H16F3N5O. The van der Waals surface area contributed by atoms with E-state index in [2.05, 4.69) is 20.6 Å². The fourth-order valence-corrected chi connectivity index (χ4v) is 3.31. The molecule has 2 N–H and O–H groups in total. The lowest BCUT2D eigenvalue weighted by molar-refractivity contribution is -0.142. The zero-order chi connectivity index (χ0) is 19.0. The second-order valence-electron chi connectivity index (χ2n) is 6.46. The molecule has 2 heterocycles. The molecule has 1 aromatic carbocycles. The Kier molecular flexibility index (Phi) is 4.21. The highest BCUT2D eigenvalue weighted by molar-refractivity contribution is 5.95. The molecule has 1 aliphatic carbocycles. The number of amides is 1. The number of H-pyrrole nitrogens is 1. The average molecular weight is 375 g/mol. The van der Waals surface area contributed by atoms with Crippen molar-refractivity contribution >= 4 is 5.91 Å². The van der Waals surface area contributed by atoms with Crippen LogP contribution in [0.25, 0.3) is 5.69 Å². The Bertz CT molecular complexity index is 975. The van der Waals surface area contributed by atoms with E-state index in [0.29, 0.717) is 6.42 Å². The molecule has 0 fully saturated rings. The first-order chi connectivity index (χ1) is 12.9. The van der Waals surface area contributed by atoms with Gasteiger partial charge in [-0.25, -0.2) is 4.68 Å². The molecule has 0 radical (unpaired) electrons. The molecule has 0 bridgehead atoms. The summed E-state index contributed by atoms with van der Waals surface area (Å²) in [7, 11) is 0. The van der Waals surface area contributed by atoms with Gasteiger partial charge >= 0.3 is 6.18 Å². The number of nitrogens with zero attached hydrogens (tertiary/aromatic N) is 3. The Morgan fingerprint density at radius 2 is 2.15 bits per heavy atom. The van der Waals surface area contributed by atoms with Crippen molar-refractivity contribution in [2.45, 2.75) is 31.5 Å². The van der Waals surface area contributed by atoms with E-state index in [4.69, 9.17) is 0 Å². The number of aromatic amines is 1. The van der Waals surface area contributed by atoms with Gasteiger partial charge in [-0.05, 0) is 49.1 Å². The largest absolute Gasteiger partial charge is 0.433 e. The van der Waals surface area contributed by atoms with Crippen LogP contribution in [0.3, 0.4) is 0 Å². The molecule has 2 aromatic heterocycles. The fourth-order valence-electron chi connectivity index (χ4n) is 3.31. The van der Waals surface area contributed by atoms with Gasteiger partial charge in [-0.3, -0.25) is 9.89 Å². The molecule has 27 heavy (non-hydrogen) atoms. The maximum atomic E-state index is 13.1. The van der Waals surface area contributed by atoms with Gasteiger partial charge in [0.25, 0.3) is 5.91 Å². The molecule has 1 unspecified atom stereocenters. The van der Waals surface area contributed by atoms with E-state index in [1.165, 1.54) is 12.1 Å². The molecular weight excluding hydrogens is 359 g/mol. The van der Waals surface area contributed by atoms with Crippen molar-refractivity contribution in [1.82, 2.24) is 25.3 Å². The maximum absolute atomic E-state index is 13.1. The van der Waals surface area contributed by atoms with Crippen molar-refractivity contribution in [3.63, 3.8) is 0 Å². The van der Waals surface area contributed by atoms with Gasteiger partial charge in [-0.1, -0.05) is 6.07 Å². The van der Waals surface area contributed by atoms with Crippen molar-refractivity contribution in [1.29, 1.82) is 0 Å². The van der Waals surface area contributed by atoms with E-state index in [1.54, 1.807) is 18.3 Å². The van der Waals surface area contributed by atoms with Crippen LogP contribution >= 0.6 is 0 Å². The smallest absolute Gasteiger partial charge is 0.349 e. The number of alkyl halides is 3. The Hall–Kier alpha value is -3.10. The topological polar surface area (TPSA) is 75.6 Å². The lowest BCUT2D eigenvalue weighted by Crippen LogP contribution is -2.38. The minimum absolute atomic E-state index is 0.0401. The molecule has 1 aliphatic rings. The van der Waals surface area contributed by atoms with E-state index in [1.807, 2.05) is 0 Å². The molecule has 9 heteroatoms. The number of hydrogen-bond donors (Lipinski definition) is 2. The fraction of sp³-hybridized carbons (Fsp3) is 0.278. The van der Waals surface area contributed by atoms with Gasteiger partial charge in [0.05, 0.1) is 18.1 Å². The number of aryl methyl sites for hydroxylation is 1. The van der Waals surface area contributed by atoms with Gasteiger partial charge in [-0.15, -0.1) is 0 Å². The second kappa shape index (κ2) is 6.57. The molecule has 0 saturated carbocycles. The summed E-state index contributed by atoms with van der Waals surface area (Å²) < 4.78 is 40.0.